The lowest BCUT2D eigenvalue weighted by Gasteiger charge is -2.30. The molecule has 0 radical (unpaired) electrons. The van der Waals surface area contributed by atoms with E-state index in [1.165, 1.54) is 27.3 Å². The molecule has 48 heavy (non-hydrogen) atoms. The molecule has 1 unspecified atom stereocenters. The van der Waals surface area contributed by atoms with Crippen molar-refractivity contribution in [2.75, 3.05) is 9.80 Å². The number of allylic oxidation sites excluding steroid dienone is 1. The van der Waals surface area contributed by atoms with Crippen LogP contribution in [0.4, 0.5) is 34.1 Å². The quantitative estimate of drug-likeness (QED) is 0.185. The maximum absolute atomic E-state index is 6.59. The van der Waals surface area contributed by atoms with Crippen LogP contribution in [-0.4, -0.2) is 0 Å². The lowest BCUT2D eigenvalue weighted by Crippen LogP contribution is -2.13. The van der Waals surface area contributed by atoms with Crippen molar-refractivity contribution in [1.82, 2.24) is 0 Å². The minimum Gasteiger partial charge on any atom is -0.456 e. The van der Waals surface area contributed by atoms with Gasteiger partial charge in [-0.25, -0.2) is 0 Å². The molecule has 1 atom stereocenters. The normalized spacial score (nSPS) is 14.0. The van der Waals surface area contributed by atoms with Crippen molar-refractivity contribution in [3.63, 3.8) is 0 Å². The molecule has 0 N–H and O–H groups in total. The van der Waals surface area contributed by atoms with Gasteiger partial charge in [0.1, 0.15) is 11.2 Å². The topological polar surface area (TPSA) is 19.6 Å². The number of furan rings is 1. The molecule has 0 bridgehead atoms. The first-order valence-electron chi connectivity index (χ1n) is 16.7. The standard InChI is InChI=1S/C45H34N2O/c1-31-21-22-32-28-44-42(27-34(32)25-31)41-24-23-38(30-45(41)48-44)46(35-14-5-2-6-15-35)39-26-33-13-11-12-20-40(33)43(29-39)47(36-16-7-3-8-17-36)37-18-9-4-10-19-37/h2-24,26-31H,25H2,1H3. The van der Waals surface area contributed by atoms with E-state index >= 15 is 0 Å². The number of anilines is 6. The molecule has 0 saturated carbocycles. The second-order valence-corrected chi connectivity index (χ2v) is 12.7. The Bertz CT molecular complexity index is 2410. The van der Waals surface area contributed by atoms with Gasteiger partial charge in [0.05, 0.1) is 5.69 Å². The first-order valence-corrected chi connectivity index (χ1v) is 16.7. The number of benzene rings is 7. The molecule has 230 valence electrons. The van der Waals surface area contributed by atoms with Crippen LogP contribution in [-0.2, 0) is 6.42 Å². The number of nitrogens with zero attached hydrogens (tertiary/aromatic N) is 2. The summed E-state index contributed by atoms with van der Waals surface area (Å²) in [5.41, 5.74) is 11.0. The van der Waals surface area contributed by atoms with Crippen molar-refractivity contribution >= 4 is 72.9 Å². The number of rotatable bonds is 6. The molecule has 3 nitrogen and oxygen atoms in total. The zero-order valence-electron chi connectivity index (χ0n) is 26.8. The van der Waals surface area contributed by atoms with Crippen LogP contribution in [0.2, 0.25) is 0 Å². The average Bonchev–Trinajstić information content (AvgIpc) is 3.49. The monoisotopic (exact) mass is 618 g/mol. The lowest BCUT2D eigenvalue weighted by molar-refractivity contribution is 0.667. The molecule has 1 aromatic heterocycles. The van der Waals surface area contributed by atoms with Gasteiger partial charge in [0.25, 0.3) is 0 Å². The molecular weight excluding hydrogens is 585 g/mol. The number of fused-ring (bicyclic) bond motifs is 5. The van der Waals surface area contributed by atoms with E-state index in [1.54, 1.807) is 0 Å². The van der Waals surface area contributed by atoms with Crippen molar-refractivity contribution in [2.45, 2.75) is 13.3 Å². The van der Waals surface area contributed by atoms with Crippen LogP contribution < -0.4 is 9.80 Å². The van der Waals surface area contributed by atoms with E-state index in [-0.39, 0.29) is 0 Å². The van der Waals surface area contributed by atoms with Crippen molar-refractivity contribution < 1.29 is 4.42 Å². The summed E-state index contributed by atoms with van der Waals surface area (Å²) in [7, 11) is 0. The number of hydrogen-bond donors (Lipinski definition) is 0. The molecule has 9 rings (SSSR count). The summed E-state index contributed by atoms with van der Waals surface area (Å²) in [5, 5.41) is 4.67. The molecule has 0 amide bonds. The van der Waals surface area contributed by atoms with E-state index < -0.39 is 0 Å². The van der Waals surface area contributed by atoms with E-state index in [2.05, 4.69) is 187 Å². The van der Waals surface area contributed by atoms with Gasteiger partial charge in [-0.3, -0.25) is 0 Å². The summed E-state index contributed by atoms with van der Waals surface area (Å²) in [5.74, 6) is 0.547. The molecule has 7 aromatic carbocycles. The van der Waals surface area contributed by atoms with Gasteiger partial charge in [-0.1, -0.05) is 97.9 Å². The third-order valence-corrected chi connectivity index (χ3v) is 9.49. The summed E-state index contributed by atoms with van der Waals surface area (Å²) >= 11 is 0. The Morgan fingerprint density at radius 1 is 0.500 bits per heavy atom. The minimum atomic E-state index is 0.547. The highest BCUT2D eigenvalue weighted by molar-refractivity contribution is 6.08. The van der Waals surface area contributed by atoms with E-state index in [0.29, 0.717) is 5.92 Å². The number of para-hydroxylation sites is 3. The largest absolute Gasteiger partial charge is 0.456 e. The second-order valence-electron chi connectivity index (χ2n) is 12.7. The third-order valence-electron chi connectivity index (χ3n) is 9.49. The molecular formula is C45H34N2O. The van der Waals surface area contributed by atoms with E-state index in [9.17, 15) is 0 Å². The van der Waals surface area contributed by atoms with Gasteiger partial charge in [-0.2, -0.15) is 0 Å². The van der Waals surface area contributed by atoms with Gasteiger partial charge in [-0.15, -0.1) is 0 Å². The van der Waals surface area contributed by atoms with Gasteiger partial charge in [0.2, 0.25) is 0 Å². The van der Waals surface area contributed by atoms with Crippen molar-refractivity contribution in [1.29, 1.82) is 0 Å². The maximum atomic E-state index is 6.59. The third kappa shape index (κ3) is 4.92. The predicted molar refractivity (Wildman–Crippen MR) is 202 cm³/mol. The molecule has 0 fully saturated rings. The molecule has 3 heteroatoms. The van der Waals surface area contributed by atoms with Gasteiger partial charge in [0.15, 0.2) is 0 Å². The van der Waals surface area contributed by atoms with Gasteiger partial charge in [-0.05, 0) is 102 Å². The van der Waals surface area contributed by atoms with Crippen molar-refractivity contribution in [3.8, 4) is 0 Å². The Kier molecular flexibility index (Phi) is 6.83. The van der Waals surface area contributed by atoms with Gasteiger partial charge in [0, 0.05) is 50.7 Å². The Hall–Kier alpha value is -6.06. The van der Waals surface area contributed by atoms with Gasteiger partial charge >= 0.3 is 0 Å². The van der Waals surface area contributed by atoms with E-state index in [0.717, 1.165) is 57.1 Å². The Morgan fingerprint density at radius 3 is 1.83 bits per heavy atom. The highest BCUT2D eigenvalue weighted by Gasteiger charge is 2.21. The minimum absolute atomic E-state index is 0.547. The number of hydrogen-bond acceptors (Lipinski definition) is 3. The molecule has 0 saturated heterocycles. The fourth-order valence-electron chi connectivity index (χ4n) is 7.22. The van der Waals surface area contributed by atoms with Crippen LogP contribution in [0.15, 0.2) is 168 Å². The lowest BCUT2D eigenvalue weighted by atomic mass is 9.90. The van der Waals surface area contributed by atoms with Crippen LogP contribution in [0.3, 0.4) is 0 Å². The second kappa shape index (κ2) is 11.6. The summed E-state index contributed by atoms with van der Waals surface area (Å²) in [4.78, 5) is 4.70. The van der Waals surface area contributed by atoms with Crippen LogP contribution in [0, 0.1) is 5.92 Å². The maximum Gasteiger partial charge on any atom is 0.137 e. The van der Waals surface area contributed by atoms with Crippen LogP contribution in [0.1, 0.15) is 18.1 Å². The fraction of sp³-hybridized carbons (Fsp3) is 0.0667. The van der Waals surface area contributed by atoms with Crippen LogP contribution in [0.25, 0.3) is 38.8 Å². The van der Waals surface area contributed by atoms with Crippen molar-refractivity contribution in [3.05, 3.63) is 175 Å². The molecule has 1 aliphatic rings. The smallest absolute Gasteiger partial charge is 0.137 e. The highest BCUT2D eigenvalue weighted by Crippen LogP contribution is 2.45. The predicted octanol–water partition coefficient (Wildman–Crippen LogP) is 12.9. The SMILES string of the molecule is CC1C=Cc2cc3oc4cc(N(c5ccccc5)c5cc(N(c6ccccc6)c6ccccc6)c6ccccc6c5)ccc4c3cc2C1. The fourth-order valence-corrected chi connectivity index (χ4v) is 7.22. The molecule has 0 aliphatic heterocycles. The summed E-state index contributed by atoms with van der Waals surface area (Å²) in [6.45, 7) is 2.28. The zero-order chi connectivity index (χ0) is 32.0. The Labute approximate surface area is 280 Å². The average molecular weight is 619 g/mol. The molecule has 1 heterocycles. The Morgan fingerprint density at radius 2 is 1.12 bits per heavy atom. The Balaban J connectivity index is 1.26. The highest BCUT2D eigenvalue weighted by atomic mass is 16.3. The first kappa shape index (κ1) is 28.2. The van der Waals surface area contributed by atoms with Crippen LogP contribution >= 0.6 is 0 Å². The first-order chi connectivity index (χ1) is 23.7. The molecule has 1 aliphatic carbocycles. The van der Waals surface area contributed by atoms with Crippen LogP contribution in [0.5, 0.6) is 0 Å². The molecule has 8 aromatic rings. The van der Waals surface area contributed by atoms with Gasteiger partial charge < -0.3 is 14.2 Å². The zero-order valence-corrected chi connectivity index (χ0v) is 26.8. The van der Waals surface area contributed by atoms with E-state index in [4.69, 9.17) is 4.42 Å². The van der Waals surface area contributed by atoms with Crippen molar-refractivity contribution in [2.24, 2.45) is 5.92 Å². The van der Waals surface area contributed by atoms with E-state index in [1.807, 2.05) is 0 Å². The summed E-state index contributed by atoms with van der Waals surface area (Å²) in [6.07, 6.45) is 5.59. The summed E-state index contributed by atoms with van der Waals surface area (Å²) < 4.78 is 6.59. The summed E-state index contributed by atoms with van der Waals surface area (Å²) in [6, 6.07) is 56.3. The molecule has 0 spiro atoms.